The topological polar surface area (TPSA) is 52.0 Å². The second kappa shape index (κ2) is 5.00. The van der Waals surface area contributed by atoms with Crippen molar-refractivity contribution in [2.75, 3.05) is 5.73 Å². The van der Waals surface area contributed by atoms with Gasteiger partial charge in [-0.3, -0.25) is 0 Å². The highest BCUT2D eigenvalue weighted by atomic mass is 16.3. The molecule has 0 radical (unpaired) electrons. The van der Waals surface area contributed by atoms with Crippen LogP contribution in [0.4, 0.5) is 5.69 Å². The van der Waals surface area contributed by atoms with E-state index in [4.69, 9.17) is 10.2 Å². The number of rotatable bonds is 3. The van der Waals surface area contributed by atoms with Crippen LogP contribution >= 0.6 is 0 Å². The van der Waals surface area contributed by atoms with Crippen LogP contribution in [-0.2, 0) is 6.42 Å². The Hall–Kier alpha value is -2.29. The summed E-state index contributed by atoms with van der Waals surface area (Å²) in [5.41, 5.74) is 11.7. The van der Waals surface area contributed by atoms with Gasteiger partial charge in [-0.25, -0.2) is 4.98 Å². The number of fused-ring (bicyclic) bond motifs is 1. The minimum absolute atomic E-state index is 0.625. The lowest BCUT2D eigenvalue weighted by Gasteiger charge is -2.00. The lowest BCUT2D eigenvalue weighted by atomic mass is 10.1. The lowest BCUT2D eigenvalue weighted by molar-refractivity contribution is 0.621. The zero-order chi connectivity index (χ0) is 14.1. The summed E-state index contributed by atoms with van der Waals surface area (Å²) in [5.74, 6) is 0.625. The molecule has 0 aliphatic carbocycles. The maximum atomic E-state index is 6.07. The summed E-state index contributed by atoms with van der Waals surface area (Å²) < 4.78 is 5.82. The van der Waals surface area contributed by atoms with Crippen LogP contribution in [0.15, 0.2) is 40.8 Å². The maximum Gasteiger partial charge on any atom is 0.227 e. The summed E-state index contributed by atoms with van der Waals surface area (Å²) in [6.45, 7) is 4.21. The van der Waals surface area contributed by atoms with E-state index >= 15 is 0 Å². The molecule has 0 unspecified atom stereocenters. The average molecular weight is 266 g/mol. The summed E-state index contributed by atoms with van der Waals surface area (Å²) in [6, 6.07) is 12.2. The fourth-order valence-corrected chi connectivity index (χ4v) is 2.37. The molecule has 1 aromatic heterocycles. The number of benzene rings is 2. The average Bonchev–Trinajstić information content (AvgIpc) is 2.84. The molecule has 1 heterocycles. The van der Waals surface area contributed by atoms with Crippen molar-refractivity contribution in [1.82, 2.24) is 4.98 Å². The van der Waals surface area contributed by atoms with E-state index in [1.54, 1.807) is 0 Å². The fraction of sp³-hybridized carbons (Fsp3) is 0.235. The minimum atomic E-state index is 0.625. The molecule has 0 aliphatic rings. The molecule has 3 nitrogen and oxygen atoms in total. The summed E-state index contributed by atoms with van der Waals surface area (Å²) in [4.78, 5) is 4.57. The van der Waals surface area contributed by atoms with E-state index in [1.807, 2.05) is 18.2 Å². The molecule has 3 rings (SSSR count). The number of nitrogens with two attached hydrogens (primary N) is 1. The third-order valence-electron chi connectivity index (χ3n) is 3.42. The summed E-state index contributed by atoms with van der Waals surface area (Å²) in [6.07, 6.45) is 2.10. The van der Waals surface area contributed by atoms with Gasteiger partial charge in [0, 0.05) is 5.56 Å². The van der Waals surface area contributed by atoms with Crippen LogP contribution in [0.5, 0.6) is 0 Å². The van der Waals surface area contributed by atoms with Gasteiger partial charge < -0.3 is 10.2 Å². The molecule has 0 spiro atoms. The van der Waals surface area contributed by atoms with Crippen molar-refractivity contribution in [3.63, 3.8) is 0 Å². The molecule has 2 aromatic carbocycles. The standard InChI is InChI=1S/C17H18N2O/c1-3-4-12-9-14(18)16-15(10-12)19-17(20-16)13-7-5-11(2)6-8-13/h5-10H,3-4,18H2,1-2H3. The van der Waals surface area contributed by atoms with Crippen molar-refractivity contribution in [3.8, 4) is 11.5 Å². The Balaban J connectivity index is 2.10. The van der Waals surface area contributed by atoms with Crippen molar-refractivity contribution in [2.45, 2.75) is 26.7 Å². The molecule has 102 valence electrons. The van der Waals surface area contributed by atoms with Gasteiger partial charge in [-0.15, -0.1) is 0 Å². The van der Waals surface area contributed by atoms with Crippen molar-refractivity contribution >= 4 is 16.8 Å². The van der Waals surface area contributed by atoms with Gasteiger partial charge in [-0.05, 0) is 43.2 Å². The number of hydrogen-bond donors (Lipinski definition) is 1. The number of aryl methyl sites for hydroxylation is 2. The zero-order valence-corrected chi connectivity index (χ0v) is 11.8. The number of hydrogen-bond acceptors (Lipinski definition) is 3. The van der Waals surface area contributed by atoms with Gasteiger partial charge in [-0.2, -0.15) is 0 Å². The molecule has 0 fully saturated rings. The highest BCUT2D eigenvalue weighted by Crippen LogP contribution is 2.29. The van der Waals surface area contributed by atoms with Crippen molar-refractivity contribution in [1.29, 1.82) is 0 Å². The lowest BCUT2D eigenvalue weighted by Crippen LogP contribution is -1.90. The highest BCUT2D eigenvalue weighted by molar-refractivity contribution is 5.87. The summed E-state index contributed by atoms with van der Waals surface area (Å²) in [7, 11) is 0. The number of aromatic nitrogens is 1. The van der Waals surface area contributed by atoms with E-state index in [0.29, 0.717) is 17.2 Å². The van der Waals surface area contributed by atoms with Gasteiger partial charge in [0.05, 0.1) is 5.69 Å². The quantitative estimate of drug-likeness (QED) is 0.717. The number of anilines is 1. The van der Waals surface area contributed by atoms with E-state index in [1.165, 1.54) is 11.1 Å². The first-order valence-electron chi connectivity index (χ1n) is 6.93. The number of nitrogen functional groups attached to an aromatic ring is 1. The maximum absolute atomic E-state index is 6.07. The van der Waals surface area contributed by atoms with Gasteiger partial charge in [-0.1, -0.05) is 31.0 Å². The molecule has 0 atom stereocenters. The van der Waals surface area contributed by atoms with Crippen LogP contribution in [0, 0.1) is 6.92 Å². The van der Waals surface area contributed by atoms with Crippen LogP contribution in [0.3, 0.4) is 0 Å². The molecule has 3 heteroatoms. The van der Waals surface area contributed by atoms with Gasteiger partial charge in [0.15, 0.2) is 5.58 Å². The summed E-state index contributed by atoms with van der Waals surface area (Å²) in [5, 5.41) is 0. The van der Waals surface area contributed by atoms with Crippen LogP contribution < -0.4 is 5.73 Å². The Bertz CT molecular complexity index is 742. The van der Waals surface area contributed by atoms with Crippen molar-refractivity contribution < 1.29 is 4.42 Å². The number of nitrogens with zero attached hydrogens (tertiary/aromatic N) is 1. The minimum Gasteiger partial charge on any atom is -0.434 e. The first-order chi connectivity index (χ1) is 9.67. The van der Waals surface area contributed by atoms with Gasteiger partial charge in [0.2, 0.25) is 5.89 Å². The third-order valence-corrected chi connectivity index (χ3v) is 3.42. The Morgan fingerprint density at radius 2 is 1.90 bits per heavy atom. The Labute approximate surface area is 118 Å². The normalized spacial score (nSPS) is 11.1. The Morgan fingerprint density at radius 3 is 2.60 bits per heavy atom. The molecular formula is C17H18N2O. The molecular weight excluding hydrogens is 248 g/mol. The van der Waals surface area contributed by atoms with E-state index in [0.717, 1.165) is 23.9 Å². The SMILES string of the molecule is CCCc1cc(N)c2oc(-c3ccc(C)cc3)nc2c1. The van der Waals surface area contributed by atoms with E-state index < -0.39 is 0 Å². The molecule has 3 aromatic rings. The van der Waals surface area contributed by atoms with Gasteiger partial charge in [0.1, 0.15) is 5.52 Å². The Kier molecular flexibility index (Phi) is 3.18. The van der Waals surface area contributed by atoms with Gasteiger partial charge >= 0.3 is 0 Å². The molecule has 2 N–H and O–H groups in total. The third kappa shape index (κ3) is 2.27. The first kappa shape index (κ1) is 12.7. The second-order valence-corrected chi connectivity index (χ2v) is 5.17. The fourth-order valence-electron chi connectivity index (χ4n) is 2.37. The van der Waals surface area contributed by atoms with Crippen LogP contribution in [0.1, 0.15) is 24.5 Å². The molecule has 0 saturated carbocycles. The van der Waals surface area contributed by atoms with E-state index in [2.05, 4.69) is 37.0 Å². The molecule has 0 amide bonds. The molecule has 20 heavy (non-hydrogen) atoms. The van der Waals surface area contributed by atoms with Crippen LogP contribution in [0.2, 0.25) is 0 Å². The largest absolute Gasteiger partial charge is 0.434 e. The smallest absolute Gasteiger partial charge is 0.227 e. The van der Waals surface area contributed by atoms with Crippen molar-refractivity contribution in [2.24, 2.45) is 0 Å². The van der Waals surface area contributed by atoms with Gasteiger partial charge in [0.25, 0.3) is 0 Å². The first-order valence-corrected chi connectivity index (χ1v) is 6.93. The van der Waals surface area contributed by atoms with Crippen LogP contribution in [0.25, 0.3) is 22.6 Å². The number of oxazole rings is 1. The highest BCUT2D eigenvalue weighted by Gasteiger charge is 2.11. The Morgan fingerprint density at radius 1 is 1.15 bits per heavy atom. The molecule has 0 bridgehead atoms. The van der Waals surface area contributed by atoms with E-state index in [-0.39, 0.29) is 0 Å². The van der Waals surface area contributed by atoms with Crippen molar-refractivity contribution in [3.05, 3.63) is 47.5 Å². The zero-order valence-electron chi connectivity index (χ0n) is 11.8. The predicted octanol–water partition coefficient (Wildman–Crippen LogP) is 4.34. The second-order valence-electron chi connectivity index (χ2n) is 5.17. The molecule has 0 aliphatic heterocycles. The predicted molar refractivity (Wildman–Crippen MR) is 82.6 cm³/mol. The summed E-state index contributed by atoms with van der Waals surface area (Å²) >= 11 is 0. The molecule has 0 saturated heterocycles. The monoisotopic (exact) mass is 266 g/mol. The van der Waals surface area contributed by atoms with E-state index in [9.17, 15) is 0 Å². The van der Waals surface area contributed by atoms with Crippen LogP contribution in [-0.4, -0.2) is 4.98 Å².